The molecule has 0 radical (unpaired) electrons. The average molecular weight is 317 g/mol. The molecule has 0 aliphatic heterocycles. The molecule has 5 heteroatoms. The molecule has 0 saturated heterocycles. The van der Waals surface area contributed by atoms with Crippen LogP contribution in [0.4, 0.5) is 11.4 Å². The summed E-state index contributed by atoms with van der Waals surface area (Å²) in [5.74, 6) is -1.45. The Labute approximate surface area is 134 Å². The van der Waals surface area contributed by atoms with Crippen LogP contribution in [-0.4, -0.2) is 11.8 Å². The highest BCUT2D eigenvalue weighted by molar-refractivity contribution is 6.44. The van der Waals surface area contributed by atoms with Crippen molar-refractivity contribution in [2.75, 3.05) is 10.6 Å². The predicted octanol–water partition coefficient (Wildman–Crippen LogP) is 3.84. The summed E-state index contributed by atoms with van der Waals surface area (Å²) in [6, 6.07) is 10.7. The van der Waals surface area contributed by atoms with Gasteiger partial charge in [0.1, 0.15) is 0 Å². The second-order valence-corrected chi connectivity index (χ2v) is 5.55. The number of hydrogen-bond acceptors (Lipinski definition) is 2. The van der Waals surface area contributed by atoms with Crippen LogP contribution in [0.5, 0.6) is 0 Å². The molecule has 0 aromatic heterocycles. The van der Waals surface area contributed by atoms with Crippen molar-refractivity contribution < 1.29 is 9.59 Å². The van der Waals surface area contributed by atoms with Crippen LogP contribution < -0.4 is 10.6 Å². The number of halogens is 1. The number of aryl methyl sites for hydroxylation is 2. The Bertz CT molecular complexity index is 727. The third kappa shape index (κ3) is 3.65. The minimum absolute atomic E-state index is 0.496. The van der Waals surface area contributed by atoms with Gasteiger partial charge in [-0.2, -0.15) is 0 Å². The molecule has 4 nitrogen and oxygen atoms in total. The molecule has 2 aromatic carbocycles. The van der Waals surface area contributed by atoms with E-state index in [2.05, 4.69) is 10.6 Å². The third-order valence-corrected chi connectivity index (χ3v) is 3.74. The third-order valence-electron chi connectivity index (χ3n) is 3.51. The van der Waals surface area contributed by atoms with E-state index in [9.17, 15) is 9.59 Å². The monoisotopic (exact) mass is 316 g/mol. The largest absolute Gasteiger partial charge is 0.318 e. The predicted molar refractivity (Wildman–Crippen MR) is 89.4 cm³/mol. The zero-order valence-electron chi connectivity index (χ0n) is 12.7. The van der Waals surface area contributed by atoms with Gasteiger partial charge in [-0.25, -0.2) is 0 Å². The lowest BCUT2D eigenvalue weighted by molar-refractivity contribution is -0.133. The van der Waals surface area contributed by atoms with E-state index in [0.717, 1.165) is 16.7 Å². The SMILES string of the molecule is Cc1ccc(Cl)cc1NC(=O)C(=O)Nc1cccc(C)c1C. The van der Waals surface area contributed by atoms with Crippen molar-refractivity contribution in [2.24, 2.45) is 0 Å². The highest BCUT2D eigenvalue weighted by Crippen LogP contribution is 2.21. The van der Waals surface area contributed by atoms with E-state index in [1.54, 1.807) is 24.3 Å². The molecular weight excluding hydrogens is 300 g/mol. The number of carbonyl (C=O) groups is 2. The van der Waals surface area contributed by atoms with Gasteiger partial charge in [0.2, 0.25) is 0 Å². The Kier molecular flexibility index (Phi) is 4.83. The molecule has 22 heavy (non-hydrogen) atoms. The van der Waals surface area contributed by atoms with Crippen molar-refractivity contribution in [1.29, 1.82) is 0 Å². The fraction of sp³-hybridized carbons (Fsp3) is 0.176. The van der Waals surface area contributed by atoms with E-state index >= 15 is 0 Å². The van der Waals surface area contributed by atoms with E-state index in [-0.39, 0.29) is 0 Å². The number of nitrogens with one attached hydrogen (secondary N) is 2. The van der Waals surface area contributed by atoms with E-state index in [0.29, 0.717) is 16.4 Å². The summed E-state index contributed by atoms with van der Waals surface area (Å²) in [5, 5.41) is 5.69. The van der Waals surface area contributed by atoms with Gasteiger partial charge in [0.05, 0.1) is 0 Å². The van der Waals surface area contributed by atoms with E-state index in [1.165, 1.54) is 0 Å². The van der Waals surface area contributed by atoms with Crippen LogP contribution in [0, 0.1) is 20.8 Å². The van der Waals surface area contributed by atoms with Crippen molar-refractivity contribution in [3.63, 3.8) is 0 Å². The highest BCUT2D eigenvalue weighted by Gasteiger charge is 2.16. The molecule has 0 aliphatic rings. The Morgan fingerprint density at radius 2 is 1.50 bits per heavy atom. The number of amides is 2. The van der Waals surface area contributed by atoms with Crippen molar-refractivity contribution in [1.82, 2.24) is 0 Å². The van der Waals surface area contributed by atoms with Crippen LogP contribution in [-0.2, 0) is 9.59 Å². The minimum Gasteiger partial charge on any atom is -0.318 e. The molecule has 0 fully saturated rings. The van der Waals surface area contributed by atoms with E-state index in [1.807, 2.05) is 32.9 Å². The van der Waals surface area contributed by atoms with Gasteiger partial charge in [0, 0.05) is 16.4 Å². The van der Waals surface area contributed by atoms with E-state index in [4.69, 9.17) is 11.6 Å². The Hall–Kier alpha value is -2.33. The molecule has 2 N–H and O–H groups in total. The van der Waals surface area contributed by atoms with Crippen molar-refractivity contribution in [3.8, 4) is 0 Å². The first-order valence-corrected chi connectivity index (χ1v) is 7.21. The molecule has 2 amide bonds. The van der Waals surface area contributed by atoms with Crippen LogP contribution in [0.3, 0.4) is 0 Å². The molecule has 0 bridgehead atoms. The minimum atomic E-state index is -0.730. The normalized spacial score (nSPS) is 10.2. The molecular formula is C17H17ClN2O2. The summed E-state index contributed by atoms with van der Waals surface area (Å²) in [6.45, 7) is 5.67. The maximum atomic E-state index is 12.0. The molecule has 0 heterocycles. The van der Waals surface area contributed by atoms with Gasteiger partial charge in [-0.15, -0.1) is 0 Å². The van der Waals surface area contributed by atoms with Gasteiger partial charge in [-0.05, 0) is 55.7 Å². The first kappa shape index (κ1) is 16.0. The van der Waals surface area contributed by atoms with E-state index < -0.39 is 11.8 Å². The zero-order valence-corrected chi connectivity index (χ0v) is 13.4. The van der Waals surface area contributed by atoms with Crippen LogP contribution in [0.25, 0.3) is 0 Å². The summed E-state index contributed by atoms with van der Waals surface area (Å²) in [4.78, 5) is 24.0. The Morgan fingerprint density at radius 1 is 0.864 bits per heavy atom. The molecule has 0 atom stereocenters. The molecule has 0 aliphatic carbocycles. The molecule has 0 spiro atoms. The summed E-state index contributed by atoms with van der Waals surface area (Å²) >= 11 is 5.90. The highest BCUT2D eigenvalue weighted by atomic mass is 35.5. The number of anilines is 2. The molecule has 0 unspecified atom stereocenters. The summed E-state index contributed by atoms with van der Waals surface area (Å²) < 4.78 is 0. The summed E-state index contributed by atoms with van der Waals surface area (Å²) in [5.41, 5.74) is 3.96. The zero-order chi connectivity index (χ0) is 16.3. The summed E-state index contributed by atoms with van der Waals surface area (Å²) in [7, 11) is 0. The van der Waals surface area contributed by atoms with Gasteiger partial charge in [-0.3, -0.25) is 9.59 Å². The first-order valence-electron chi connectivity index (χ1n) is 6.83. The van der Waals surface area contributed by atoms with Crippen molar-refractivity contribution in [3.05, 3.63) is 58.1 Å². The number of hydrogen-bond donors (Lipinski definition) is 2. The second kappa shape index (κ2) is 6.62. The van der Waals surface area contributed by atoms with Crippen LogP contribution in [0.15, 0.2) is 36.4 Å². The standard InChI is InChI=1S/C17H17ClN2O2/c1-10-5-4-6-14(12(10)3)19-16(21)17(22)20-15-9-13(18)8-7-11(15)2/h4-9H,1-3H3,(H,19,21)(H,20,22). The lowest BCUT2D eigenvalue weighted by Crippen LogP contribution is -2.29. The summed E-state index contributed by atoms with van der Waals surface area (Å²) in [6.07, 6.45) is 0. The number of rotatable bonds is 2. The van der Waals surface area contributed by atoms with Crippen LogP contribution in [0.2, 0.25) is 5.02 Å². The quantitative estimate of drug-likeness (QED) is 0.827. The fourth-order valence-electron chi connectivity index (χ4n) is 1.97. The van der Waals surface area contributed by atoms with Gasteiger partial charge in [-0.1, -0.05) is 29.8 Å². The molecule has 114 valence electrons. The van der Waals surface area contributed by atoms with Crippen LogP contribution >= 0.6 is 11.6 Å². The maximum Gasteiger partial charge on any atom is 0.314 e. The van der Waals surface area contributed by atoms with Crippen molar-refractivity contribution in [2.45, 2.75) is 20.8 Å². The van der Waals surface area contributed by atoms with Gasteiger partial charge >= 0.3 is 11.8 Å². The lowest BCUT2D eigenvalue weighted by Gasteiger charge is -2.11. The molecule has 0 saturated carbocycles. The topological polar surface area (TPSA) is 58.2 Å². The smallest absolute Gasteiger partial charge is 0.314 e. The van der Waals surface area contributed by atoms with Gasteiger partial charge in [0.25, 0.3) is 0 Å². The Morgan fingerprint density at radius 3 is 2.18 bits per heavy atom. The van der Waals surface area contributed by atoms with Crippen LogP contribution in [0.1, 0.15) is 16.7 Å². The van der Waals surface area contributed by atoms with Gasteiger partial charge in [0.15, 0.2) is 0 Å². The first-order chi connectivity index (χ1) is 10.4. The molecule has 2 rings (SSSR count). The van der Waals surface area contributed by atoms with Gasteiger partial charge < -0.3 is 10.6 Å². The molecule has 2 aromatic rings. The second-order valence-electron chi connectivity index (χ2n) is 5.11. The average Bonchev–Trinajstić information content (AvgIpc) is 2.47. The maximum absolute atomic E-state index is 12.0. The lowest BCUT2D eigenvalue weighted by atomic mass is 10.1. The Balaban J connectivity index is 2.11. The van der Waals surface area contributed by atoms with Crippen molar-refractivity contribution >= 4 is 34.8 Å². The number of benzene rings is 2. The number of carbonyl (C=O) groups excluding carboxylic acids is 2. The fourth-order valence-corrected chi connectivity index (χ4v) is 2.15.